The van der Waals surface area contributed by atoms with Crippen LogP contribution in [0, 0.1) is 0 Å². The molecule has 0 aromatic heterocycles. The summed E-state index contributed by atoms with van der Waals surface area (Å²) in [5.74, 6) is -3.02. The van der Waals surface area contributed by atoms with Crippen molar-refractivity contribution in [2.45, 2.75) is 57.2 Å². The number of carboxylic acids is 1. The maximum absolute atomic E-state index is 13.2. The van der Waals surface area contributed by atoms with Crippen LogP contribution in [-0.2, 0) is 30.3 Å². The molecule has 0 aliphatic heterocycles. The molecule has 4 rings (SSSR count). The van der Waals surface area contributed by atoms with Gasteiger partial charge in [0.2, 0.25) is 5.91 Å². The molecule has 0 spiro atoms. The summed E-state index contributed by atoms with van der Waals surface area (Å²) in [6, 6.07) is 21.9. The standard InChI is InChI=1S/C32H34N2O7/c1-32(2,3)41-28(35)18-26(29(36)33-27(30(37)38)17-20-11-5-4-6-12-20)34-31(39)40-19-25-23-15-9-7-13-21(23)22-14-8-10-16-24(22)25/h4-16,25-27H,17-19H2,1-3H3,(H,33,36)(H,34,39)(H,37,38)/t26-,27-/m0/s1. The zero-order valence-corrected chi connectivity index (χ0v) is 23.3. The highest BCUT2D eigenvalue weighted by atomic mass is 16.6. The Labute approximate surface area is 238 Å². The van der Waals surface area contributed by atoms with Gasteiger partial charge in [0.15, 0.2) is 0 Å². The van der Waals surface area contributed by atoms with Crippen LogP contribution in [0.15, 0.2) is 78.9 Å². The topological polar surface area (TPSA) is 131 Å². The number of ether oxygens (including phenoxy) is 2. The Balaban J connectivity index is 1.46. The number of carbonyl (C=O) groups excluding carboxylic acids is 3. The van der Waals surface area contributed by atoms with Crippen molar-refractivity contribution < 1.29 is 33.8 Å². The zero-order valence-electron chi connectivity index (χ0n) is 23.3. The Morgan fingerprint density at radius 1 is 0.805 bits per heavy atom. The Hall–Kier alpha value is -4.66. The summed E-state index contributed by atoms with van der Waals surface area (Å²) in [4.78, 5) is 50.7. The summed E-state index contributed by atoms with van der Waals surface area (Å²) in [6.45, 7) is 5.05. The fourth-order valence-electron chi connectivity index (χ4n) is 4.86. The van der Waals surface area contributed by atoms with Gasteiger partial charge in [-0.2, -0.15) is 0 Å². The predicted molar refractivity (Wildman–Crippen MR) is 152 cm³/mol. The van der Waals surface area contributed by atoms with Gasteiger partial charge in [-0.1, -0.05) is 78.9 Å². The second-order valence-corrected chi connectivity index (χ2v) is 10.9. The SMILES string of the molecule is CC(C)(C)OC(=O)C[C@H](NC(=O)OCC1c2ccccc2-c2ccccc21)C(=O)N[C@@H](Cc1ccccc1)C(=O)O. The number of rotatable bonds is 10. The van der Waals surface area contributed by atoms with Gasteiger partial charge in [0.1, 0.15) is 24.3 Å². The molecule has 2 amide bonds. The number of nitrogens with one attached hydrogen (secondary N) is 2. The number of benzene rings is 3. The Kier molecular flexibility index (Phi) is 9.07. The van der Waals surface area contributed by atoms with Crippen molar-refractivity contribution in [3.8, 4) is 11.1 Å². The first-order valence-corrected chi connectivity index (χ1v) is 13.4. The number of carboxylic acid groups (broad SMARTS) is 1. The minimum atomic E-state index is -1.42. The largest absolute Gasteiger partial charge is 0.480 e. The van der Waals surface area contributed by atoms with Gasteiger partial charge in [-0.15, -0.1) is 0 Å². The van der Waals surface area contributed by atoms with Crippen LogP contribution in [0.2, 0.25) is 0 Å². The number of amides is 2. The molecule has 0 bridgehead atoms. The van der Waals surface area contributed by atoms with Gasteiger partial charge in [0, 0.05) is 12.3 Å². The van der Waals surface area contributed by atoms with Crippen LogP contribution in [0.5, 0.6) is 0 Å². The molecule has 3 aromatic rings. The molecule has 0 saturated carbocycles. The zero-order chi connectivity index (χ0) is 29.6. The van der Waals surface area contributed by atoms with E-state index in [1.807, 2.05) is 48.5 Å². The van der Waals surface area contributed by atoms with Crippen LogP contribution in [0.25, 0.3) is 11.1 Å². The molecule has 0 unspecified atom stereocenters. The number of carbonyl (C=O) groups is 4. The molecule has 41 heavy (non-hydrogen) atoms. The van der Waals surface area contributed by atoms with Crippen molar-refractivity contribution in [1.82, 2.24) is 10.6 Å². The lowest BCUT2D eigenvalue weighted by atomic mass is 9.98. The number of hydrogen-bond acceptors (Lipinski definition) is 6. The highest BCUT2D eigenvalue weighted by Crippen LogP contribution is 2.44. The number of aliphatic carboxylic acids is 1. The Morgan fingerprint density at radius 3 is 1.93 bits per heavy atom. The highest BCUT2D eigenvalue weighted by Gasteiger charge is 2.32. The third-order valence-corrected chi connectivity index (χ3v) is 6.64. The van der Waals surface area contributed by atoms with E-state index in [9.17, 15) is 24.3 Å². The minimum absolute atomic E-state index is 0.00634. The van der Waals surface area contributed by atoms with Crippen molar-refractivity contribution in [3.63, 3.8) is 0 Å². The van der Waals surface area contributed by atoms with E-state index in [0.717, 1.165) is 22.3 Å². The van der Waals surface area contributed by atoms with Crippen LogP contribution < -0.4 is 10.6 Å². The van der Waals surface area contributed by atoms with E-state index in [2.05, 4.69) is 10.6 Å². The van der Waals surface area contributed by atoms with E-state index in [4.69, 9.17) is 9.47 Å². The first-order chi connectivity index (χ1) is 19.5. The summed E-state index contributed by atoms with van der Waals surface area (Å²) < 4.78 is 10.9. The predicted octanol–water partition coefficient (Wildman–Crippen LogP) is 4.44. The van der Waals surface area contributed by atoms with E-state index in [0.29, 0.717) is 5.56 Å². The van der Waals surface area contributed by atoms with Gasteiger partial charge in [0.05, 0.1) is 6.42 Å². The molecule has 214 valence electrons. The average Bonchev–Trinajstić information content (AvgIpc) is 3.24. The van der Waals surface area contributed by atoms with Gasteiger partial charge in [0.25, 0.3) is 0 Å². The van der Waals surface area contributed by atoms with Gasteiger partial charge >= 0.3 is 18.0 Å². The highest BCUT2D eigenvalue weighted by molar-refractivity contribution is 5.92. The fraction of sp³-hybridized carbons (Fsp3) is 0.312. The van der Waals surface area contributed by atoms with Crippen LogP contribution in [-0.4, -0.2) is 53.3 Å². The first-order valence-electron chi connectivity index (χ1n) is 13.4. The Morgan fingerprint density at radius 2 is 1.37 bits per heavy atom. The van der Waals surface area contributed by atoms with Crippen LogP contribution in [0.4, 0.5) is 4.79 Å². The van der Waals surface area contributed by atoms with Crippen molar-refractivity contribution in [2.24, 2.45) is 0 Å². The number of fused-ring (bicyclic) bond motifs is 3. The van der Waals surface area contributed by atoms with E-state index < -0.39 is 48.0 Å². The first kappa shape index (κ1) is 29.3. The van der Waals surface area contributed by atoms with Gasteiger partial charge < -0.3 is 25.2 Å². The molecule has 0 heterocycles. The number of esters is 1. The van der Waals surface area contributed by atoms with Crippen LogP contribution >= 0.6 is 0 Å². The third-order valence-electron chi connectivity index (χ3n) is 6.64. The van der Waals surface area contributed by atoms with Crippen LogP contribution in [0.1, 0.15) is 49.8 Å². The lowest BCUT2D eigenvalue weighted by Gasteiger charge is -2.24. The second kappa shape index (κ2) is 12.7. The van der Waals surface area contributed by atoms with Crippen molar-refractivity contribution >= 4 is 23.9 Å². The molecular formula is C32H34N2O7. The third kappa shape index (κ3) is 7.72. The van der Waals surface area contributed by atoms with E-state index in [1.165, 1.54) is 0 Å². The summed E-state index contributed by atoms with van der Waals surface area (Å²) >= 11 is 0. The minimum Gasteiger partial charge on any atom is -0.480 e. The smallest absolute Gasteiger partial charge is 0.407 e. The summed E-state index contributed by atoms with van der Waals surface area (Å²) in [7, 11) is 0. The normalized spacial score (nSPS) is 13.7. The quantitative estimate of drug-likeness (QED) is 0.314. The fourth-order valence-corrected chi connectivity index (χ4v) is 4.86. The maximum Gasteiger partial charge on any atom is 0.407 e. The van der Waals surface area contributed by atoms with Crippen molar-refractivity contribution in [3.05, 3.63) is 95.6 Å². The van der Waals surface area contributed by atoms with E-state index in [1.54, 1.807) is 51.1 Å². The molecule has 0 fully saturated rings. The lowest BCUT2D eigenvalue weighted by molar-refractivity contribution is -0.156. The average molecular weight is 559 g/mol. The monoisotopic (exact) mass is 558 g/mol. The van der Waals surface area contributed by atoms with E-state index >= 15 is 0 Å². The molecule has 2 atom stereocenters. The van der Waals surface area contributed by atoms with Gasteiger partial charge in [-0.25, -0.2) is 9.59 Å². The second-order valence-electron chi connectivity index (χ2n) is 10.9. The molecular weight excluding hydrogens is 524 g/mol. The molecule has 9 nitrogen and oxygen atoms in total. The molecule has 1 aliphatic carbocycles. The van der Waals surface area contributed by atoms with Crippen LogP contribution in [0.3, 0.4) is 0 Å². The van der Waals surface area contributed by atoms with Crippen molar-refractivity contribution in [1.29, 1.82) is 0 Å². The molecule has 3 aromatic carbocycles. The lowest BCUT2D eigenvalue weighted by Crippen LogP contribution is -2.53. The Bertz CT molecular complexity index is 1370. The van der Waals surface area contributed by atoms with Gasteiger partial charge in [-0.3, -0.25) is 9.59 Å². The molecule has 0 radical (unpaired) electrons. The number of hydrogen-bond donors (Lipinski definition) is 3. The maximum atomic E-state index is 13.2. The summed E-state index contributed by atoms with van der Waals surface area (Å²) in [5, 5.41) is 14.6. The molecule has 3 N–H and O–H groups in total. The van der Waals surface area contributed by atoms with E-state index in [-0.39, 0.29) is 18.9 Å². The summed E-state index contributed by atoms with van der Waals surface area (Å²) in [6.07, 6.45) is -1.40. The summed E-state index contributed by atoms with van der Waals surface area (Å²) in [5.41, 5.74) is 4.06. The number of alkyl carbamates (subject to hydrolysis) is 1. The molecule has 1 aliphatic rings. The molecule has 0 saturated heterocycles. The van der Waals surface area contributed by atoms with Gasteiger partial charge in [-0.05, 0) is 48.6 Å². The van der Waals surface area contributed by atoms with Crippen molar-refractivity contribution in [2.75, 3.05) is 6.61 Å². The molecule has 9 heteroatoms.